The molecule has 122 valence electrons. The van der Waals surface area contributed by atoms with Gasteiger partial charge in [-0.3, -0.25) is 4.79 Å². The second kappa shape index (κ2) is 7.26. The van der Waals surface area contributed by atoms with Gasteiger partial charge in [-0.1, -0.05) is 24.3 Å². The molecule has 0 bridgehead atoms. The third-order valence-corrected chi connectivity index (χ3v) is 4.61. The maximum Gasteiger partial charge on any atom is 0.307 e. The van der Waals surface area contributed by atoms with Crippen LogP contribution in [0.3, 0.4) is 0 Å². The summed E-state index contributed by atoms with van der Waals surface area (Å²) in [5.41, 5.74) is 1.32. The Morgan fingerprint density at radius 2 is 1.83 bits per heavy atom. The summed E-state index contributed by atoms with van der Waals surface area (Å²) < 4.78 is 32.1. The molecule has 0 aliphatic carbocycles. The van der Waals surface area contributed by atoms with Crippen LogP contribution in [0, 0.1) is 0 Å². The van der Waals surface area contributed by atoms with E-state index < -0.39 is 16.0 Å². The van der Waals surface area contributed by atoms with Crippen molar-refractivity contribution in [1.29, 1.82) is 0 Å². The molecule has 2 rings (SSSR count). The number of benzene rings is 2. The topological polar surface area (TPSA) is 92.7 Å². The van der Waals surface area contributed by atoms with Crippen molar-refractivity contribution in [3.05, 3.63) is 59.7 Å². The third-order valence-electron chi connectivity index (χ3n) is 3.19. The van der Waals surface area contributed by atoms with E-state index >= 15 is 0 Å². The molecule has 7 heteroatoms. The minimum atomic E-state index is -3.66. The smallest absolute Gasteiger partial charge is 0.307 e. The molecule has 0 unspecified atom stereocenters. The second-order valence-corrected chi connectivity index (χ2v) is 6.66. The van der Waals surface area contributed by atoms with E-state index in [4.69, 9.17) is 9.84 Å². The lowest BCUT2D eigenvalue weighted by molar-refractivity contribution is -0.136. The van der Waals surface area contributed by atoms with Crippen molar-refractivity contribution in [2.75, 3.05) is 7.11 Å². The highest BCUT2D eigenvalue weighted by molar-refractivity contribution is 7.89. The molecule has 0 saturated heterocycles. The molecule has 0 radical (unpaired) electrons. The third kappa shape index (κ3) is 4.80. The summed E-state index contributed by atoms with van der Waals surface area (Å²) in [6, 6.07) is 12.9. The predicted molar refractivity (Wildman–Crippen MR) is 84.8 cm³/mol. The summed E-state index contributed by atoms with van der Waals surface area (Å²) in [5.74, 6) is -0.309. The molecule has 0 heterocycles. The van der Waals surface area contributed by atoms with Crippen LogP contribution in [0.25, 0.3) is 0 Å². The zero-order chi connectivity index (χ0) is 16.9. The lowest BCUT2D eigenvalue weighted by Crippen LogP contribution is -2.23. The van der Waals surface area contributed by atoms with Gasteiger partial charge >= 0.3 is 5.97 Å². The van der Waals surface area contributed by atoms with E-state index in [9.17, 15) is 13.2 Å². The molecule has 0 amide bonds. The number of aliphatic carboxylic acids is 1. The van der Waals surface area contributed by atoms with Crippen LogP contribution in [0.2, 0.25) is 0 Å². The molecule has 0 aromatic heterocycles. The van der Waals surface area contributed by atoms with Gasteiger partial charge in [0.1, 0.15) is 5.75 Å². The summed E-state index contributed by atoms with van der Waals surface area (Å²) in [4.78, 5) is 10.7. The average Bonchev–Trinajstić information content (AvgIpc) is 2.53. The first kappa shape index (κ1) is 17.0. The lowest BCUT2D eigenvalue weighted by Gasteiger charge is -2.08. The number of rotatable bonds is 7. The van der Waals surface area contributed by atoms with Gasteiger partial charge in [-0.15, -0.1) is 0 Å². The molecular formula is C16H17NO5S. The Hall–Kier alpha value is -2.38. The largest absolute Gasteiger partial charge is 0.497 e. The van der Waals surface area contributed by atoms with Crippen LogP contribution >= 0.6 is 0 Å². The van der Waals surface area contributed by atoms with E-state index in [1.807, 2.05) is 0 Å². The van der Waals surface area contributed by atoms with Crippen LogP contribution in [-0.2, 0) is 27.8 Å². The fourth-order valence-electron chi connectivity index (χ4n) is 2.01. The maximum atomic E-state index is 12.2. The van der Waals surface area contributed by atoms with Crippen molar-refractivity contribution < 1.29 is 23.1 Å². The number of carbonyl (C=O) groups is 1. The zero-order valence-corrected chi connectivity index (χ0v) is 13.3. The Bertz CT molecular complexity index is 784. The van der Waals surface area contributed by atoms with Crippen LogP contribution in [-0.4, -0.2) is 26.6 Å². The van der Waals surface area contributed by atoms with E-state index in [0.717, 1.165) is 5.56 Å². The standard InChI is InChI=1S/C16H17NO5S/c1-22-14-4-2-3-13(9-14)11-17-23(20,21)15-7-5-12(6-8-15)10-16(18)19/h2-9,17H,10-11H2,1H3,(H,18,19). The fraction of sp³-hybridized carbons (Fsp3) is 0.188. The molecule has 2 aromatic carbocycles. The SMILES string of the molecule is COc1cccc(CNS(=O)(=O)c2ccc(CC(=O)O)cc2)c1. The highest BCUT2D eigenvalue weighted by atomic mass is 32.2. The van der Waals surface area contributed by atoms with Gasteiger partial charge in [0.25, 0.3) is 0 Å². The lowest BCUT2D eigenvalue weighted by atomic mass is 10.2. The van der Waals surface area contributed by atoms with Crippen molar-refractivity contribution in [3.8, 4) is 5.75 Å². The Balaban J connectivity index is 2.07. The number of sulfonamides is 1. The highest BCUT2D eigenvalue weighted by Gasteiger charge is 2.14. The normalized spacial score (nSPS) is 11.2. The number of nitrogens with one attached hydrogen (secondary N) is 1. The van der Waals surface area contributed by atoms with Crippen LogP contribution in [0.15, 0.2) is 53.4 Å². The van der Waals surface area contributed by atoms with E-state index in [2.05, 4.69) is 4.72 Å². The van der Waals surface area contributed by atoms with Crippen molar-refractivity contribution in [1.82, 2.24) is 4.72 Å². The van der Waals surface area contributed by atoms with Crippen LogP contribution < -0.4 is 9.46 Å². The molecule has 6 nitrogen and oxygen atoms in total. The van der Waals surface area contributed by atoms with Gasteiger partial charge in [0.05, 0.1) is 18.4 Å². The first-order valence-electron chi connectivity index (χ1n) is 6.84. The van der Waals surface area contributed by atoms with Crippen LogP contribution in [0.5, 0.6) is 5.75 Å². The molecule has 23 heavy (non-hydrogen) atoms. The van der Waals surface area contributed by atoms with Crippen molar-refractivity contribution in [3.63, 3.8) is 0 Å². The van der Waals surface area contributed by atoms with Gasteiger partial charge in [0.2, 0.25) is 10.0 Å². The van der Waals surface area contributed by atoms with E-state index in [1.54, 1.807) is 31.4 Å². The Kier molecular flexibility index (Phi) is 5.36. The highest BCUT2D eigenvalue weighted by Crippen LogP contribution is 2.15. The Morgan fingerprint density at radius 1 is 1.13 bits per heavy atom. The zero-order valence-electron chi connectivity index (χ0n) is 12.5. The summed E-state index contributed by atoms with van der Waals surface area (Å²) in [5, 5.41) is 8.71. The van der Waals surface area contributed by atoms with Crippen molar-refractivity contribution in [2.45, 2.75) is 17.9 Å². The Labute approximate surface area is 134 Å². The minimum Gasteiger partial charge on any atom is -0.497 e. The van der Waals surface area contributed by atoms with Gasteiger partial charge < -0.3 is 9.84 Å². The van der Waals surface area contributed by atoms with E-state index in [-0.39, 0.29) is 17.9 Å². The van der Waals surface area contributed by atoms with Crippen LogP contribution in [0.4, 0.5) is 0 Å². The Morgan fingerprint density at radius 3 is 2.43 bits per heavy atom. The molecule has 2 aromatic rings. The monoisotopic (exact) mass is 335 g/mol. The fourth-order valence-corrected chi connectivity index (χ4v) is 3.02. The summed E-state index contributed by atoms with van der Waals surface area (Å²) in [7, 11) is -2.12. The second-order valence-electron chi connectivity index (χ2n) is 4.89. The molecule has 0 aliphatic rings. The number of carboxylic acids is 1. The number of hydrogen-bond acceptors (Lipinski definition) is 4. The van der Waals surface area contributed by atoms with E-state index in [0.29, 0.717) is 11.3 Å². The van der Waals surface area contributed by atoms with Gasteiger partial charge in [0.15, 0.2) is 0 Å². The minimum absolute atomic E-state index is 0.0922. The molecule has 0 atom stereocenters. The summed E-state index contributed by atoms with van der Waals surface area (Å²) in [6.45, 7) is 0.135. The van der Waals surface area contributed by atoms with Gasteiger partial charge in [0, 0.05) is 6.54 Å². The number of hydrogen-bond donors (Lipinski definition) is 2. The molecule has 0 aliphatic heterocycles. The number of ether oxygens (including phenoxy) is 1. The van der Waals surface area contributed by atoms with E-state index in [1.165, 1.54) is 24.3 Å². The molecule has 2 N–H and O–H groups in total. The van der Waals surface area contributed by atoms with Gasteiger partial charge in [-0.2, -0.15) is 0 Å². The number of carboxylic acid groups (broad SMARTS) is 1. The van der Waals surface area contributed by atoms with Gasteiger partial charge in [-0.25, -0.2) is 13.1 Å². The summed E-state index contributed by atoms with van der Waals surface area (Å²) in [6.07, 6.45) is -0.141. The first-order valence-corrected chi connectivity index (χ1v) is 8.32. The van der Waals surface area contributed by atoms with Gasteiger partial charge in [-0.05, 0) is 35.4 Å². The predicted octanol–water partition coefficient (Wildman–Crippen LogP) is 1.80. The molecule has 0 spiro atoms. The van der Waals surface area contributed by atoms with Crippen LogP contribution in [0.1, 0.15) is 11.1 Å². The molecule has 0 fully saturated rings. The maximum absolute atomic E-state index is 12.2. The average molecular weight is 335 g/mol. The van der Waals surface area contributed by atoms with Crippen molar-refractivity contribution in [2.24, 2.45) is 0 Å². The molecular weight excluding hydrogens is 318 g/mol. The summed E-state index contributed by atoms with van der Waals surface area (Å²) >= 11 is 0. The quantitative estimate of drug-likeness (QED) is 0.805. The molecule has 0 saturated carbocycles. The first-order chi connectivity index (χ1) is 10.9. The van der Waals surface area contributed by atoms with Crippen molar-refractivity contribution >= 4 is 16.0 Å². The number of methoxy groups -OCH3 is 1.